The number of methoxy groups -OCH3 is 1. The molecule has 0 saturated heterocycles. The standard InChI is InChI=1S/C35H37NO3/c1-4-5-6-7-8-24-9-13-26(14-10-24)27-15-11-25(12-16-27)21-28-19-23(2)20-31-33(35(37)38)30-22-29(39-3)17-18-32(30)36-34(28)31/h9-18,21-23H,4-8,19-20H2,1-3H3,(H,37,38)/b28-21+. The smallest absolute Gasteiger partial charge is 0.336 e. The van der Waals surface area contributed by atoms with Crippen LogP contribution in [0.3, 0.4) is 0 Å². The highest BCUT2D eigenvalue weighted by Gasteiger charge is 2.28. The van der Waals surface area contributed by atoms with Crippen LogP contribution in [0.4, 0.5) is 0 Å². The van der Waals surface area contributed by atoms with Crippen molar-refractivity contribution in [3.63, 3.8) is 0 Å². The first kappa shape index (κ1) is 26.7. The number of fused-ring (bicyclic) bond motifs is 2. The number of benzene rings is 3. The lowest BCUT2D eigenvalue weighted by Gasteiger charge is -2.26. The van der Waals surface area contributed by atoms with Gasteiger partial charge in [0.15, 0.2) is 0 Å². The van der Waals surface area contributed by atoms with Crippen molar-refractivity contribution in [1.29, 1.82) is 0 Å². The number of carbonyl (C=O) groups is 1. The van der Waals surface area contributed by atoms with Gasteiger partial charge < -0.3 is 9.84 Å². The molecule has 4 heteroatoms. The number of aromatic carboxylic acids is 1. The summed E-state index contributed by atoms with van der Waals surface area (Å²) in [5, 5.41) is 10.8. The second-order valence-corrected chi connectivity index (χ2v) is 10.8. The van der Waals surface area contributed by atoms with Crippen LogP contribution in [0.15, 0.2) is 66.7 Å². The highest BCUT2D eigenvalue weighted by molar-refractivity contribution is 6.06. The maximum absolute atomic E-state index is 12.4. The number of unbranched alkanes of at least 4 members (excludes halogenated alkanes) is 3. The van der Waals surface area contributed by atoms with Crippen LogP contribution in [-0.2, 0) is 12.8 Å². The van der Waals surface area contributed by atoms with Gasteiger partial charge in [0.2, 0.25) is 0 Å². The number of allylic oxidation sites excluding steroid dienone is 1. The number of nitrogens with zero attached hydrogens (tertiary/aromatic N) is 1. The first-order valence-electron chi connectivity index (χ1n) is 14.1. The molecule has 1 aliphatic rings. The Bertz CT molecular complexity index is 1500. The SMILES string of the molecule is CCCCCCc1ccc(-c2ccc(/C=C3\CC(C)Cc4c3nc3ccc(OC)cc3c4C(=O)O)cc2)cc1. The van der Waals surface area contributed by atoms with E-state index in [0.29, 0.717) is 34.6 Å². The minimum Gasteiger partial charge on any atom is -0.497 e. The molecule has 0 bridgehead atoms. The molecule has 1 N–H and O–H groups in total. The summed E-state index contributed by atoms with van der Waals surface area (Å²) in [4.78, 5) is 17.4. The lowest BCUT2D eigenvalue weighted by molar-refractivity contribution is 0.0697. The number of aryl methyl sites for hydroxylation is 1. The normalized spacial score (nSPS) is 15.9. The maximum Gasteiger partial charge on any atom is 0.336 e. The van der Waals surface area contributed by atoms with Gasteiger partial charge in [-0.05, 0) is 89.3 Å². The van der Waals surface area contributed by atoms with Crippen LogP contribution in [0.5, 0.6) is 5.75 Å². The third kappa shape index (κ3) is 5.90. The van der Waals surface area contributed by atoms with E-state index in [1.54, 1.807) is 13.2 Å². The minimum absolute atomic E-state index is 0.325. The number of hydrogen-bond donors (Lipinski definition) is 1. The van der Waals surface area contributed by atoms with Crippen molar-refractivity contribution in [2.24, 2.45) is 5.92 Å². The van der Waals surface area contributed by atoms with Gasteiger partial charge in [-0.15, -0.1) is 0 Å². The predicted octanol–water partition coefficient (Wildman–Crippen LogP) is 8.85. The number of carboxylic acids is 1. The van der Waals surface area contributed by atoms with E-state index in [1.807, 2.05) is 12.1 Å². The summed E-state index contributed by atoms with van der Waals surface area (Å²) in [5.74, 6) is 0.0382. The molecule has 5 rings (SSSR count). The fraction of sp³-hybridized carbons (Fsp3) is 0.314. The number of ether oxygens (including phenoxy) is 1. The molecular weight excluding hydrogens is 482 g/mol. The van der Waals surface area contributed by atoms with Crippen molar-refractivity contribution in [3.8, 4) is 16.9 Å². The summed E-state index contributed by atoms with van der Waals surface area (Å²) in [6.07, 6.45) is 10.0. The zero-order valence-corrected chi connectivity index (χ0v) is 23.2. The van der Waals surface area contributed by atoms with Crippen LogP contribution < -0.4 is 4.74 Å². The Morgan fingerprint density at radius 3 is 2.36 bits per heavy atom. The van der Waals surface area contributed by atoms with Crippen molar-refractivity contribution in [2.45, 2.75) is 58.8 Å². The fourth-order valence-corrected chi connectivity index (χ4v) is 5.73. The van der Waals surface area contributed by atoms with Crippen molar-refractivity contribution in [2.75, 3.05) is 7.11 Å². The highest BCUT2D eigenvalue weighted by Crippen LogP contribution is 2.39. The second kappa shape index (κ2) is 11.9. The zero-order chi connectivity index (χ0) is 27.4. The molecule has 39 heavy (non-hydrogen) atoms. The monoisotopic (exact) mass is 519 g/mol. The summed E-state index contributed by atoms with van der Waals surface area (Å²) in [6, 6.07) is 23.0. The van der Waals surface area contributed by atoms with Crippen LogP contribution in [0, 0.1) is 5.92 Å². The van der Waals surface area contributed by atoms with E-state index in [-0.39, 0.29) is 0 Å². The van der Waals surface area contributed by atoms with Crippen LogP contribution in [0.1, 0.15) is 78.7 Å². The summed E-state index contributed by atoms with van der Waals surface area (Å²) in [5.41, 5.74) is 8.64. The zero-order valence-electron chi connectivity index (χ0n) is 23.2. The summed E-state index contributed by atoms with van der Waals surface area (Å²) in [7, 11) is 1.59. The quantitative estimate of drug-likeness (QED) is 0.224. The van der Waals surface area contributed by atoms with E-state index in [0.717, 1.165) is 35.2 Å². The third-order valence-electron chi connectivity index (χ3n) is 7.79. The molecule has 0 radical (unpaired) electrons. The van der Waals surface area contributed by atoms with Crippen molar-refractivity contribution in [1.82, 2.24) is 4.98 Å². The molecule has 200 valence electrons. The number of aromatic nitrogens is 1. The Morgan fingerprint density at radius 2 is 1.69 bits per heavy atom. The van der Waals surface area contributed by atoms with Crippen molar-refractivity contribution >= 4 is 28.5 Å². The van der Waals surface area contributed by atoms with Gasteiger partial charge >= 0.3 is 5.97 Å². The topological polar surface area (TPSA) is 59.4 Å². The Hall–Kier alpha value is -3.92. The largest absolute Gasteiger partial charge is 0.497 e. The molecule has 3 aromatic carbocycles. The first-order chi connectivity index (χ1) is 19.0. The molecular formula is C35H37NO3. The molecule has 1 unspecified atom stereocenters. The minimum atomic E-state index is -0.920. The van der Waals surface area contributed by atoms with Gasteiger partial charge in [-0.3, -0.25) is 0 Å². The number of pyridine rings is 1. The molecule has 1 aromatic heterocycles. The average molecular weight is 520 g/mol. The molecule has 0 aliphatic heterocycles. The Labute approximate surface area is 231 Å². The summed E-state index contributed by atoms with van der Waals surface area (Å²) in [6.45, 7) is 4.42. The van der Waals surface area contributed by atoms with Crippen LogP contribution in [-0.4, -0.2) is 23.2 Å². The number of hydrogen-bond acceptors (Lipinski definition) is 3. The lowest BCUT2D eigenvalue weighted by Crippen LogP contribution is -2.17. The second-order valence-electron chi connectivity index (χ2n) is 10.8. The molecule has 0 fully saturated rings. The fourth-order valence-electron chi connectivity index (χ4n) is 5.73. The van der Waals surface area contributed by atoms with Gasteiger partial charge in [-0.1, -0.05) is 81.6 Å². The summed E-state index contributed by atoms with van der Waals surface area (Å²) >= 11 is 0. The molecule has 1 atom stereocenters. The van der Waals surface area contributed by atoms with E-state index in [4.69, 9.17) is 9.72 Å². The first-order valence-corrected chi connectivity index (χ1v) is 14.1. The predicted molar refractivity (Wildman–Crippen MR) is 160 cm³/mol. The van der Waals surface area contributed by atoms with E-state index < -0.39 is 5.97 Å². The molecule has 0 amide bonds. The van der Waals surface area contributed by atoms with Crippen LogP contribution in [0.25, 0.3) is 33.7 Å². The van der Waals surface area contributed by atoms with E-state index in [2.05, 4.69) is 68.5 Å². The molecule has 0 spiro atoms. The van der Waals surface area contributed by atoms with Crippen LogP contribution in [0.2, 0.25) is 0 Å². The van der Waals surface area contributed by atoms with Gasteiger partial charge in [0.05, 0.1) is 23.9 Å². The van der Waals surface area contributed by atoms with Gasteiger partial charge in [0, 0.05) is 5.39 Å². The highest BCUT2D eigenvalue weighted by atomic mass is 16.5. The van der Waals surface area contributed by atoms with Gasteiger partial charge in [-0.25, -0.2) is 9.78 Å². The molecule has 0 saturated carbocycles. The molecule has 1 aliphatic carbocycles. The molecule has 4 nitrogen and oxygen atoms in total. The Balaban J connectivity index is 1.44. The van der Waals surface area contributed by atoms with Gasteiger partial charge in [0.25, 0.3) is 0 Å². The third-order valence-corrected chi connectivity index (χ3v) is 7.79. The van der Waals surface area contributed by atoms with E-state index >= 15 is 0 Å². The molecule has 4 aromatic rings. The van der Waals surface area contributed by atoms with Crippen LogP contribution >= 0.6 is 0 Å². The van der Waals surface area contributed by atoms with Crippen molar-refractivity contribution in [3.05, 3.63) is 94.7 Å². The van der Waals surface area contributed by atoms with E-state index in [1.165, 1.54) is 42.4 Å². The average Bonchev–Trinajstić information content (AvgIpc) is 2.94. The molecule has 1 heterocycles. The maximum atomic E-state index is 12.4. The number of carboxylic acid groups (broad SMARTS) is 1. The summed E-state index contributed by atoms with van der Waals surface area (Å²) < 4.78 is 5.36. The number of rotatable bonds is 9. The van der Waals surface area contributed by atoms with Crippen molar-refractivity contribution < 1.29 is 14.6 Å². The van der Waals surface area contributed by atoms with Gasteiger partial charge in [0.1, 0.15) is 5.75 Å². The lowest BCUT2D eigenvalue weighted by atomic mass is 9.80. The van der Waals surface area contributed by atoms with Gasteiger partial charge in [-0.2, -0.15) is 0 Å². The van der Waals surface area contributed by atoms with E-state index in [9.17, 15) is 9.90 Å². The Morgan fingerprint density at radius 1 is 0.974 bits per heavy atom. The Kier molecular flexibility index (Phi) is 8.11.